The Morgan fingerprint density at radius 3 is 2.88 bits per heavy atom. The minimum absolute atomic E-state index is 0.426. The predicted octanol–water partition coefficient (Wildman–Crippen LogP) is 3.32. The molecule has 0 bridgehead atoms. The molecule has 3 heteroatoms. The van der Waals surface area contributed by atoms with E-state index in [9.17, 15) is 5.11 Å². The van der Waals surface area contributed by atoms with Gasteiger partial charge in [0, 0.05) is 18.2 Å². The zero-order chi connectivity index (χ0) is 12.7. The van der Waals surface area contributed by atoms with E-state index in [0.717, 1.165) is 17.7 Å². The topological polar surface area (TPSA) is 32.3 Å². The molecule has 1 aromatic rings. The Hall–Kier alpha value is -0.670. The van der Waals surface area contributed by atoms with Crippen molar-refractivity contribution in [3.05, 3.63) is 29.3 Å². The van der Waals surface area contributed by atoms with Crippen molar-refractivity contribution in [1.82, 2.24) is 5.32 Å². The molecule has 0 aliphatic carbocycles. The van der Waals surface area contributed by atoms with E-state index in [1.54, 1.807) is 0 Å². The lowest BCUT2D eigenvalue weighted by atomic mass is 10.1. The van der Waals surface area contributed by atoms with Crippen LogP contribution in [0.25, 0.3) is 0 Å². The second-order valence-corrected chi connectivity index (χ2v) is 5.74. The fourth-order valence-corrected chi connectivity index (χ4v) is 2.46. The monoisotopic (exact) mass is 253 g/mol. The second-order valence-electron chi connectivity index (χ2n) is 4.35. The summed E-state index contributed by atoms with van der Waals surface area (Å²) < 4.78 is 0. The maximum Gasteiger partial charge on any atom is 0.122 e. The summed E-state index contributed by atoms with van der Waals surface area (Å²) >= 11 is 1.97. The van der Waals surface area contributed by atoms with E-state index in [1.807, 2.05) is 36.9 Å². The summed E-state index contributed by atoms with van der Waals surface area (Å²) in [7, 11) is 0. The van der Waals surface area contributed by atoms with E-state index in [2.05, 4.69) is 19.2 Å². The van der Waals surface area contributed by atoms with Crippen LogP contribution in [0.1, 0.15) is 31.4 Å². The van der Waals surface area contributed by atoms with Gasteiger partial charge in [0.05, 0.1) is 0 Å². The van der Waals surface area contributed by atoms with Gasteiger partial charge < -0.3 is 10.4 Å². The lowest BCUT2D eigenvalue weighted by molar-refractivity contribution is 0.454. The Morgan fingerprint density at radius 2 is 2.18 bits per heavy atom. The largest absolute Gasteiger partial charge is 0.507 e. The number of hydrogen-bond donors (Lipinski definition) is 2. The van der Waals surface area contributed by atoms with E-state index in [1.165, 1.54) is 17.9 Å². The number of thioether (sulfide) groups is 1. The van der Waals surface area contributed by atoms with Crippen LogP contribution < -0.4 is 5.32 Å². The van der Waals surface area contributed by atoms with Crippen molar-refractivity contribution in [3.63, 3.8) is 0 Å². The summed E-state index contributed by atoms with van der Waals surface area (Å²) in [5, 5.41) is 13.3. The number of para-hydroxylation sites is 1. The lowest BCUT2D eigenvalue weighted by Gasteiger charge is -2.14. The van der Waals surface area contributed by atoms with Gasteiger partial charge in [-0.15, -0.1) is 0 Å². The Balaban J connectivity index is 2.37. The molecule has 1 atom stereocenters. The van der Waals surface area contributed by atoms with Gasteiger partial charge in [0.15, 0.2) is 0 Å². The quantitative estimate of drug-likeness (QED) is 0.731. The van der Waals surface area contributed by atoms with Crippen LogP contribution in [-0.4, -0.2) is 22.7 Å². The normalized spacial score (nSPS) is 12.6. The summed E-state index contributed by atoms with van der Waals surface area (Å²) in [6.07, 6.45) is 1.17. The maximum atomic E-state index is 9.88. The van der Waals surface area contributed by atoms with Crippen LogP contribution in [0.3, 0.4) is 0 Å². The summed E-state index contributed by atoms with van der Waals surface area (Å²) in [6, 6.07) is 6.39. The highest BCUT2D eigenvalue weighted by Crippen LogP contribution is 2.21. The highest BCUT2D eigenvalue weighted by Gasteiger charge is 2.05. The lowest BCUT2D eigenvalue weighted by Crippen LogP contribution is -2.26. The minimum Gasteiger partial charge on any atom is -0.507 e. The van der Waals surface area contributed by atoms with Crippen molar-refractivity contribution in [2.75, 3.05) is 11.5 Å². The first-order valence-electron chi connectivity index (χ1n) is 6.23. The molecule has 0 heterocycles. The van der Waals surface area contributed by atoms with E-state index in [4.69, 9.17) is 0 Å². The molecular weight excluding hydrogens is 230 g/mol. The van der Waals surface area contributed by atoms with Crippen molar-refractivity contribution >= 4 is 11.8 Å². The molecule has 1 rings (SSSR count). The van der Waals surface area contributed by atoms with E-state index < -0.39 is 0 Å². The average molecular weight is 253 g/mol. The SMILES string of the molecule is CCSCCC(C)NCc1cccc(C)c1O. The maximum absolute atomic E-state index is 9.88. The first-order chi connectivity index (χ1) is 8.15. The smallest absolute Gasteiger partial charge is 0.122 e. The molecule has 0 radical (unpaired) electrons. The molecule has 17 heavy (non-hydrogen) atoms. The van der Waals surface area contributed by atoms with E-state index in [-0.39, 0.29) is 0 Å². The molecule has 2 N–H and O–H groups in total. The summed E-state index contributed by atoms with van der Waals surface area (Å²) in [5.74, 6) is 2.81. The molecule has 0 amide bonds. The third kappa shape index (κ3) is 5.00. The minimum atomic E-state index is 0.426. The molecule has 0 spiro atoms. The number of hydrogen-bond acceptors (Lipinski definition) is 3. The van der Waals surface area contributed by atoms with Gasteiger partial charge in [-0.1, -0.05) is 25.1 Å². The Morgan fingerprint density at radius 1 is 1.41 bits per heavy atom. The van der Waals surface area contributed by atoms with Crippen molar-refractivity contribution in [3.8, 4) is 5.75 Å². The Labute approximate surface area is 109 Å². The third-order valence-corrected chi connectivity index (χ3v) is 3.79. The van der Waals surface area contributed by atoms with Crippen LogP contribution in [0.4, 0.5) is 0 Å². The molecule has 2 nitrogen and oxygen atoms in total. The fraction of sp³-hybridized carbons (Fsp3) is 0.571. The van der Waals surface area contributed by atoms with Crippen LogP contribution in [0.2, 0.25) is 0 Å². The number of aryl methyl sites for hydroxylation is 1. The molecule has 0 saturated carbocycles. The zero-order valence-corrected chi connectivity index (χ0v) is 11.8. The van der Waals surface area contributed by atoms with Crippen LogP contribution in [0, 0.1) is 6.92 Å². The highest BCUT2D eigenvalue weighted by atomic mass is 32.2. The Bertz CT molecular complexity index is 341. The van der Waals surface area contributed by atoms with Gasteiger partial charge >= 0.3 is 0 Å². The number of nitrogens with one attached hydrogen (secondary N) is 1. The van der Waals surface area contributed by atoms with Crippen molar-refractivity contribution < 1.29 is 5.11 Å². The van der Waals surface area contributed by atoms with Crippen LogP contribution in [0.5, 0.6) is 5.75 Å². The standard InChI is InChI=1S/C14H23NOS/c1-4-17-9-8-12(3)15-10-13-7-5-6-11(2)14(13)16/h5-7,12,15-16H,4,8-10H2,1-3H3. The second kappa shape index (κ2) is 7.62. The molecule has 0 fully saturated rings. The molecule has 1 aromatic carbocycles. The average Bonchev–Trinajstić information content (AvgIpc) is 2.31. The zero-order valence-electron chi connectivity index (χ0n) is 11.0. The van der Waals surface area contributed by atoms with E-state index in [0.29, 0.717) is 11.8 Å². The third-order valence-electron chi connectivity index (χ3n) is 2.86. The number of rotatable bonds is 7. The molecule has 0 aliphatic heterocycles. The van der Waals surface area contributed by atoms with Crippen molar-refractivity contribution in [1.29, 1.82) is 0 Å². The van der Waals surface area contributed by atoms with Crippen molar-refractivity contribution in [2.45, 2.75) is 39.8 Å². The van der Waals surface area contributed by atoms with E-state index >= 15 is 0 Å². The van der Waals surface area contributed by atoms with Crippen LogP contribution >= 0.6 is 11.8 Å². The fourth-order valence-electron chi connectivity index (χ4n) is 1.65. The van der Waals surface area contributed by atoms with Crippen LogP contribution in [0.15, 0.2) is 18.2 Å². The van der Waals surface area contributed by atoms with Gasteiger partial charge in [-0.2, -0.15) is 11.8 Å². The van der Waals surface area contributed by atoms with Gasteiger partial charge in [0.1, 0.15) is 5.75 Å². The number of benzene rings is 1. The van der Waals surface area contributed by atoms with Crippen LogP contribution in [-0.2, 0) is 6.54 Å². The summed E-state index contributed by atoms with van der Waals surface area (Å²) in [6.45, 7) is 7.06. The molecular formula is C14H23NOS. The molecule has 96 valence electrons. The van der Waals surface area contributed by atoms with Gasteiger partial charge in [-0.05, 0) is 37.3 Å². The molecule has 0 saturated heterocycles. The number of phenols is 1. The van der Waals surface area contributed by atoms with Gasteiger partial charge in [-0.3, -0.25) is 0 Å². The van der Waals surface area contributed by atoms with Gasteiger partial charge in [-0.25, -0.2) is 0 Å². The molecule has 0 aromatic heterocycles. The first-order valence-corrected chi connectivity index (χ1v) is 7.39. The molecule has 1 unspecified atom stereocenters. The Kier molecular flexibility index (Phi) is 6.45. The summed E-state index contributed by atoms with van der Waals surface area (Å²) in [4.78, 5) is 0. The summed E-state index contributed by atoms with van der Waals surface area (Å²) in [5.41, 5.74) is 1.93. The van der Waals surface area contributed by atoms with Gasteiger partial charge in [0.25, 0.3) is 0 Å². The molecule has 0 aliphatic rings. The van der Waals surface area contributed by atoms with Gasteiger partial charge in [0.2, 0.25) is 0 Å². The highest BCUT2D eigenvalue weighted by molar-refractivity contribution is 7.99. The predicted molar refractivity (Wildman–Crippen MR) is 76.8 cm³/mol. The van der Waals surface area contributed by atoms with Crippen molar-refractivity contribution in [2.24, 2.45) is 0 Å². The number of aromatic hydroxyl groups is 1. The first kappa shape index (κ1) is 14.4. The number of phenolic OH excluding ortho intramolecular Hbond substituents is 1.